The Kier molecular flexibility index (Phi) is 4.70. The van der Waals surface area contributed by atoms with Gasteiger partial charge in [-0.05, 0) is 56.3 Å². The Labute approximate surface area is 155 Å². The molecule has 0 spiro atoms. The summed E-state index contributed by atoms with van der Waals surface area (Å²) >= 11 is 0. The molecule has 0 aromatic rings. The maximum absolute atomic E-state index is 12.9. The Balaban J connectivity index is 1.27. The highest BCUT2D eigenvalue weighted by atomic mass is 16.2. The molecule has 0 aromatic heterocycles. The van der Waals surface area contributed by atoms with Crippen molar-refractivity contribution in [2.24, 2.45) is 23.2 Å². The average Bonchev–Trinajstić information content (AvgIpc) is 2.64. The SMILES string of the molecule is CCC(=O)N1CCN(C(=O)CNC(=O)C23CC4CC(CC(C4)C2)C3)CC1. The summed E-state index contributed by atoms with van der Waals surface area (Å²) in [5.74, 6) is 2.43. The Morgan fingerprint density at radius 3 is 1.77 bits per heavy atom. The Hall–Kier alpha value is -1.59. The second-order valence-electron chi connectivity index (χ2n) is 9.00. The molecule has 4 saturated carbocycles. The van der Waals surface area contributed by atoms with Gasteiger partial charge in [-0.25, -0.2) is 0 Å². The average molecular weight is 361 g/mol. The van der Waals surface area contributed by atoms with Crippen molar-refractivity contribution >= 4 is 17.7 Å². The van der Waals surface area contributed by atoms with E-state index in [-0.39, 0.29) is 29.7 Å². The lowest BCUT2D eigenvalue weighted by Crippen LogP contribution is -2.56. The normalized spacial score (nSPS) is 35.5. The fourth-order valence-corrected chi connectivity index (χ4v) is 6.27. The van der Waals surface area contributed by atoms with Gasteiger partial charge in [0.1, 0.15) is 0 Å². The molecule has 1 saturated heterocycles. The van der Waals surface area contributed by atoms with Gasteiger partial charge in [0.05, 0.1) is 6.54 Å². The zero-order valence-corrected chi connectivity index (χ0v) is 15.8. The van der Waals surface area contributed by atoms with Crippen LogP contribution in [0.1, 0.15) is 51.9 Å². The summed E-state index contributed by atoms with van der Waals surface area (Å²) in [5.41, 5.74) is -0.193. The third kappa shape index (κ3) is 3.23. The van der Waals surface area contributed by atoms with Crippen molar-refractivity contribution in [3.63, 3.8) is 0 Å². The number of rotatable bonds is 4. The third-order valence-electron chi connectivity index (χ3n) is 7.21. The van der Waals surface area contributed by atoms with Crippen molar-refractivity contribution in [2.45, 2.75) is 51.9 Å². The second kappa shape index (κ2) is 6.86. The van der Waals surface area contributed by atoms with Crippen LogP contribution in [-0.4, -0.2) is 60.2 Å². The molecule has 3 amide bonds. The fraction of sp³-hybridized carbons (Fsp3) is 0.850. The van der Waals surface area contributed by atoms with E-state index in [1.165, 1.54) is 19.3 Å². The molecule has 5 fully saturated rings. The maximum atomic E-state index is 12.9. The number of nitrogens with zero attached hydrogens (tertiary/aromatic N) is 2. The van der Waals surface area contributed by atoms with Gasteiger partial charge in [-0.1, -0.05) is 6.92 Å². The van der Waals surface area contributed by atoms with Gasteiger partial charge < -0.3 is 15.1 Å². The van der Waals surface area contributed by atoms with Gasteiger partial charge in [0.15, 0.2) is 0 Å². The first-order valence-electron chi connectivity index (χ1n) is 10.3. The molecule has 0 aromatic carbocycles. The molecule has 6 heteroatoms. The highest BCUT2D eigenvalue weighted by Crippen LogP contribution is 2.60. The van der Waals surface area contributed by atoms with E-state index in [1.54, 1.807) is 4.90 Å². The van der Waals surface area contributed by atoms with Gasteiger partial charge in [0, 0.05) is 38.0 Å². The van der Waals surface area contributed by atoms with Crippen LogP contribution in [0.3, 0.4) is 0 Å². The van der Waals surface area contributed by atoms with E-state index in [2.05, 4.69) is 5.32 Å². The van der Waals surface area contributed by atoms with E-state index in [1.807, 2.05) is 11.8 Å². The molecular weight excluding hydrogens is 330 g/mol. The van der Waals surface area contributed by atoms with Gasteiger partial charge in [0.25, 0.3) is 0 Å². The summed E-state index contributed by atoms with van der Waals surface area (Å²) in [6.07, 6.45) is 7.52. The molecule has 5 rings (SSSR count). The van der Waals surface area contributed by atoms with Crippen LogP contribution < -0.4 is 5.32 Å². The monoisotopic (exact) mass is 361 g/mol. The molecule has 1 N–H and O–H groups in total. The van der Waals surface area contributed by atoms with Crippen molar-refractivity contribution in [1.29, 1.82) is 0 Å². The van der Waals surface area contributed by atoms with Crippen LogP contribution in [0.4, 0.5) is 0 Å². The molecule has 0 atom stereocenters. The lowest BCUT2D eigenvalue weighted by atomic mass is 9.49. The fourth-order valence-electron chi connectivity index (χ4n) is 6.27. The first-order valence-corrected chi connectivity index (χ1v) is 10.3. The molecule has 1 aliphatic heterocycles. The number of piperazine rings is 1. The van der Waals surface area contributed by atoms with Crippen molar-refractivity contribution in [3.8, 4) is 0 Å². The lowest BCUT2D eigenvalue weighted by Gasteiger charge is -2.55. The van der Waals surface area contributed by atoms with Crippen molar-refractivity contribution < 1.29 is 14.4 Å². The van der Waals surface area contributed by atoms with E-state index < -0.39 is 0 Å². The van der Waals surface area contributed by atoms with Crippen LogP contribution in [0.5, 0.6) is 0 Å². The standard InChI is InChI=1S/C20H31N3O3/c1-2-17(24)22-3-5-23(6-4-22)18(25)13-21-19(26)20-10-14-7-15(11-20)9-16(8-14)12-20/h14-16H,2-13H2,1H3,(H,21,26). The molecule has 5 aliphatic rings. The van der Waals surface area contributed by atoms with E-state index in [9.17, 15) is 14.4 Å². The second-order valence-corrected chi connectivity index (χ2v) is 9.00. The Morgan fingerprint density at radius 2 is 1.31 bits per heavy atom. The zero-order valence-electron chi connectivity index (χ0n) is 15.8. The number of amides is 3. The largest absolute Gasteiger partial charge is 0.347 e. The van der Waals surface area contributed by atoms with Crippen LogP contribution in [0.2, 0.25) is 0 Å². The summed E-state index contributed by atoms with van der Waals surface area (Å²) in [6, 6.07) is 0. The smallest absolute Gasteiger partial charge is 0.242 e. The van der Waals surface area contributed by atoms with E-state index in [4.69, 9.17) is 0 Å². The zero-order chi connectivity index (χ0) is 18.3. The third-order valence-corrected chi connectivity index (χ3v) is 7.21. The molecule has 4 aliphatic carbocycles. The maximum Gasteiger partial charge on any atom is 0.242 e. The minimum atomic E-state index is -0.193. The number of hydrogen-bond acceptors (Lipinski definition) is 3. The van der Waals surface area contributed by atoms with Crippen molar-refractivity contribution in [1.82, 2.24) is 15.1 Å². The number of nitrogens with one attached hydrogen (secondary N) is 1. The van der Waals surface area contributed by atoms with Crippen LogP contribution in [0, 0.1) is 23.2 Å². The Bertz CT molecular complexity index is 560. The molecule has 144 valence electrons. The minimum absolute atomic E-state index is 0.0216. The summed E-state index contributed by atoms with van der Waals surface area (Å²) in [4.78, 5) is 40.7. The van der Waals surface area contributed by atoms with Crippen LogP contribution in [0.25, 0.3) is 0 Å². The Morgan fingerprint density at radius 1 is 0.846 bits per heavy atom. The number of carbonyl (C=O) groups is 3. The summed E-state index contributed by atoms with van der Waals surface area (Å²) in [5, 5.41) is 2.97. The molecular formula is C20H31N3O3. The molecule has 0 radical (unpaired) electrons. The minimum Gasteiger partial charge on any atom is -0.347 e. The van der Waals surface area contributed by atoms with Crippen molar-refractivity contribution in [2.75, 3.05) is 32.7 Å². The lowest BCUT2D eigenvalue weighted by molar-refractivity contribution is -0.148. The molecule has 26 heavy (non-hydrogen) atoms. The molecule has 6 nitrogen and oxygen atoms in total. The molecule has 1 heterocycles. The van der Waals surface area contributed by atoms with Gasteiger partial charge in [-0.2, -0.15) is 0 Å². The predicted octanol–water partition coefficient (Wildman–Crippen LogP) is 1.40. The van der Waals surface area contributed by atoms with Gasteiger partial charge in [-0.3, -0.25) is 14.4 Å². The van der Waals surface area contributed by atoms with Crippen LogP contribution in [0.15, 0.2) is 0 Å². The van der Waals surface area contributed by atoms with E-state index in [0.717, 1.165) is 37.0 Å². The molecule has 0 unspecified atom stereocenters. The highest BCUT2D eigenvalue weighted by molar-refractivity contribution is 5.88. The van der Waals surface area contributed by atoms with Crippen LogP contribution >= 0.6 is 0 Å². The van der Waals surface area contributed by atoms with Gasteiger partial charge >= 0.3 is 0 Å². The first kappa shape index (κ1) is 17.8. The quantitative estimate of drug-likeness (QED) is 0.823. The highest BCUT2D eigenvalue weighted by Gasteiger charge is 2.54. The van der Waals surface area contributed by atoms with Crippen molar-refractivity contribution in [3.05, 3.63) is 0 Å². The van der Waals surface area contributed by atoms with E-state index >= 15 is 0 Å². The number of carbonyl (C=O) groups excluding carboxylic acids is 3. The predicted molar refractivity (Wildman–Crippen MR) is 97.1 cm³/mol. The summed E-state index contributed by atoms with van der Waals surface area (Å²) < 4.78 is 0. The molecule has 4 bridgehead atoms. The van der Waals surface area contributed by atoms with Gasteiger partial charge in [-0.15, -0.1) is 0 Å². The van der Waals surface area contributed by atoms with E-state index in [0.29, 0.717) is 32.6 Å². The first-order chi connectivity index (χ1) is 12.5. The number of hydrogen-bond donors (Lipinski definition) is 1. The van der Waals surface area contributed by atoms with Crippen LogP contribution in [-0.2, 0) is 14.4 Å². The topological polar surface area (TPSA) is 69.7 Å². The summed E-state index contributed by atoms with van der Waals surface area (Å²) in [6.45, 7) is 4.29. The summed E-state index contributed by atoms with van der Waals surface area (Å²) in [7, 11) is 0. The van der Waals surface area contributed by atoms with Gasteiger partial charge in [0.2, 0.25) is 17.7 Å².